The highest BCUT2D eigenvalue weighted by molar-refractivity contribution is 9.10. The van der Waals surface area contributed by atoms with Crippen molar-refractivity contribution < 1.29 is 17.2 Å². The van der Waals surface area contributed by atoms with E-state index in [0.717, 1.165) is 18.7 Å². The van der Waals surface area contributed by atoms with Crippen molar-refractivity contribution in [2.45, 2.75) is 31.6 Å². The Labute approximate surface area is 126 Å². The molecule has 1 aromatic rings. The second-order valence-corrected chi connectivity index (χ2v) is 7.98. The average molecular weight is 370 g/mol. The summed E-state index contributed by atoms with van der Waals surface area (Å²) in [7, 11) is -3.44. The van der Waals surface area contributed by atoms with Crippen LogP contribution in [0.4, 0.5) is 8.78 Å². The van der Waals surface area contributed by atoms with Gasteiger partial charge in [0.05, 0.1) is 15.8 Å². The summed E-state index contributed by atoms with van der Waals surface area (Å²) in [6.07, 6.45) is 1.79. The predicted octanol–water partition coefficient (Wildman–Crippen LogP) is 3.20. The van der Waals surface area contributed by atoms with E-state index >= 15 is 0 Å². The Kier molecular flexibility index (Phi) is 6.09. The third kappa shape index (κ3) is 3.99. The summed E-state index contributed by atoms with van der Waals surface area (Å²) < 4.78 is 51.7. The van der Waals surface area contributed by atoms with E-state index in [1.165, 1.54) is 13.0 Å². The molecule has 0 fully saturated rings. The maximum atomic E-state index is 14.2. The first-order valence-corrected chi connectivity index (χ1v) is 9.00. The van der Waals surface area contributed by atoms with E-state index in [0.29, 0.717) is 6.54 Å². The van der Waals surface area contributed by atoms with Gasteiger partial charge in [0.25, 0.3) is 0 Å². The van der Waals surface area contributed by atoms with Crippen molar-refractivity contribution in [3.63, 3.8) is 0 Å². The van der Waals surface area contributed by atoms with E-state index in [-0.39, 0.29) is 10.0 Å². The SMILES string of the molecule is CCCNC(c1c(F)ccc(Br)c1F)C(C)S(C)(=O)=O. The summed E-state index contributed by atoms with van der Waals surface area (Å²) in [5.74, 6) is -1.52. The molecule has 3 nitrogen and oxygen atoms in total. The van der Waals surface area contributed by atoms with Gasteiger partial charge in [0.15, 0.2) is 9.84 Å². The van der Waals surface area contributed by atoms with Crippen molar-refractivity contribution in [2.24, 2.45) is 0 Å². The van der Waals surface area contributed by atoms with E-state index < -0.39 is 32.8 Å². The van der Waals surface area contributed by atoms with E-state index in [2.05, 4.69) is 21.2 Å². The number of rotatable bonds is 6. The van der Waals surface area contributed by atoms with Crippen molar-refractivity contribution in [3.8, 4) is 0 Å². The number of sulfone groups is 1. The van der Waals surface area contributed by atoms with Gasteiger partial charge >= 0.3 is 0 Å². The lowest BCUT2D eigenvalue weighted by Gasteiger charge is -2.25. The molecule has 2 atom stereocenters. The van der Waals surface area contributed by atoms with E-state index in [9.17, 15) is 17.2 Å². The topological polar surface area (TPSA) is 46.2 Å². The van der Waals surface area contributed by atoms with Crippen LogP contribution in [0.2, 0.25) is 0 Å². The van der Waals surface area contributed by atoms with E-state index in [1.54, 1.807) is 0 Å². The number of nitrogens with one attached hydrogen (secondary N) is 1. The third-order valence-electron chi connectivity index (χ3n) is 3.15. The molecular weight excluding hydrogens is 352 g/mol. The first-order chi connectivity index (χ1) is 9.20. The molecular formula is C13H18BrF2NO2S. The highest BCUT2D eigenvalue weighted by Crippen LogP contribution is 2.30. The van der Waals surface area contributed by atoms with Gasteiger partial charge in [-0.2, -0.15) is 0 Å². The molecule has 0 bridgehead atoms. The Hall–Kier alpha value is -0.530. The maximum Gasteiger partial charge on any atom is 0.151 e. The van der Waals surface area contributed by atoms with Crippen LogP contribution in [0.1, 0.15) is 31.9 Å². The minimum atomic E-state index is -3.44. The van der Waals surface area contributed by atoms with Gasteiger partial charge in [0.1, 0.15) is 11.6 Å². The van der Waals surface area contributed by atoms with Crippen molar-refractivity contribution in [3.05, 3.63) is 33.8 Å². The summed E-state index contributed by atoms with van der Waals surface area (Å²) in [6, 6.07) is 1.45. The van der Waals surface area contributed by atoms with Gasteiger partial charge in [-0.25, -0.2) is 17.2 Å². The molecule has 7 heteroatoms. The number of hydrogen-bond donors (Lipinski definition) is 1. The molecule has 0 saturated heterocycles. The Morgan fingerprint density at radius 1 is 1.35 bits per heavy atom. The minimum absolute atomic E-state index is 0.109. The summed E-state index contributed by atoms with van der Waals surface area (Å²) in [5, 5.41) is 1.98. The lowest BCUT2D eigenvalue weighted by atomic mass is 10.0. The van der Waals surface area contributed by atoms with Gasteiger partial charge in [-0.1, -0.05) is 6.92 Å². The van der Waals surface area contributed by atoms with Crippen LogP contribution in [-0.4, -0.2) is 26.5 Å². The number of halogens is 3. The third-order valence-corrected chi connectivity index (χ3v) is 5.38. The van der Waals surface area contributed by atoms with Gasteiger partial charge in [-0.3, -0.25) is 0 Å². The Morgan fingerprint density at radius 2 is 1.95 bits per heavy atom. The molecule has 0 aliphatic rings. The largest absolute Gasteiger partial charge is 0.309 e. The maximum absolute atomic E-state index is 14.2. The quantitative estimate of drug-likeness (QED) is 0.783. The fraction of sp³-hybridized carbons (Fsp3) is 0.538. The van der Waals surface area contributed by atoms with Gasteiger partial charge in [0.2, 0.25) is 0 Å². The van der Waals surface area contributed by atoms with Crippen molar-refractivity contribution in [2.75, 3.05) is 12.8 Å². The van der Waals surface area contributed by atoms with Crippen LogP contribution < -0.4 is 5.32 Å². The summed E-state index contributed by atoms with van der Waals surface area (Å²) in [4.78, 5) is 0. The lowest BCUT2D eigenvalue weighted by molar-refractivity contribution is 0.450. The van der Waals surface area contributed by atoms with Crippen LogP contribution in [0.5, 0.6) is 0 Å². The first kappa shape index (κ1) is 17.5. The second kappa shape index (κ2) is 6.95. The van der Waals surface area contributed by atoms with Crippen LogP contribution in [0.3, 0.4) is 0 Å². The second-order valence-electron chi connectivity index (χ2n) is 4.72. The van der Waals surface area contributed by atoms with Gasteiger partial charge in [0, 0.05) is 11.8 Å². The molecule has 0 aliphatic carbocycles. The van der Waals surface area contributed by atoms with Crippen molar-refractivity contribution in [1.29, 1.82) is 0 Å². The number of benzene rings is 1. The standard InChI is InChI=1S/C13H18BrF2NO2S/c1-4-7-17-13(8(2)20(3,18)19)11-10(15)6-5-9(14)12(11)16/h5-6,8,13,17H,4,7H2,1-3H3. The highest BCUT2D eigenvalue weighted by Gasteiger charge is 2.31. The van der Waals surface area contributed by atoms with Crippen molar-refractivity contribution in [1.82, 2.24) is 5.32 Å². The molecule has 0 spiro atoms. The van der Waals surface area contributed by atoms with Gasteiger partial charge < -0.3 is 5.32 Å². The summed E-state index contributed by atoms with van der Waals surface area (Å²) in [6.45, 7) is 3.81. The lowest BCUT2D eigenvalue weighted by Crippen LogP contribution is -2.36. The van der Waals surface area contributed by atoms with Crippen LogP contribution in [0.25, 0.3) is 0 Å². The van der Waals surface area contributed by atoms with Crippen LogP contribution in [0, 0.1) is 11.6 Å². The van der Waals surface area contributed by atoms with Crippen molar-refractivity contribution >= 4 is 25.8 Å². The molecule has 1 N–H and O–H groups in total. The number of hydrogen-bond acceptors (Lipinski definition) is 3. The molecule has 0 aromatic heterocycles. The Morgan fingerprint density at radius 3 is 2.45 bits per heavy atom. The van der Waals surface area contributed by atoms with Crippen LogP contribution in [-0.2, 0) is 9.84 Å². The predicted molar refractivity (Wildman–Crippen MR) is 79.4 cm³/mol. The first-order valence-electron chi connectivity index (χ1n) is 6.25. The molecule has 20 heavy (non-hydrogen) atoms. The summed E-state index contributed by atoms with van der Waals surface area (Å²) >= 11 is 3.00. The van der Waals surface area contributed by atoms with Crippen LogP contribution in [0.15, 0.2) is 16.6 Å². The highest BCUT2D eigenvalue weighted by atomic mass is 79.9. The molecule has 0 radical (unpaired) electrons. The van der Waals surface area contributed by atoms with Gasteiger partial charge in [-0.15, -0.1) is 0 Å². The Balaban J connectivity index is 3.35. The molecule has 1 rings (SSSR count). The molecule has 0 amide bonds. The Bertz CT molecular complexity index is 578. The zero-order valence-corrected chi connectivity index (χ0v) is 14.0. The zero-order valence-electron chi connectivity index (χ0n) is 11.6. The molecule has 0 aliphatic heterocycles. The smallest absolute Gasteiger partial charge is 0.151 e. The fourth-order valence-corrected chi connectivity index (χ4v) is 2.95. The molecule has 0 heterocycles. The summed E-state index contributed by atoms with van der Waals surface area (Å²) in [5.41, 5.74) is -0.245. The monoisotopic (exact) mass is 369 g/mol. The van der Waals surface area contributed by atoms with Crippen LogP contribution >= 0.6 is 15.9 Å². The average Bonchev–Trinajstić information content (AvgIpc) is 2.36. The van der Waals surface area contributed by atoms with E-state index in [1.807, 2.05) is 6.92 Å². The van der Waals surface area contributed by atoms with Gasteiger partial charge in [-0.05, 0) is 48.0 Å². The molecule has 0 saturated carbocycles. The molecule has 2 unspecified atom stereocenters. The fourth-order valence-electron chi connectivity index (χ4n) is 1.88. The normalized spacial score (nSPS) is 15.1. The molecule has 114 valence electrons. The molecule has 1 aromatic carbocycles. The van der Waals surface area contributed by atoms with E-state index in [4.69, 9.17) is 0 Å². The minimum Gasteiger partial charge on any atom is -0.309 e. The zero-order chi connectivity index (χ0) is 15.5.